The van der Waals surface area contributed by atoms with Crippen LogP contribution in [0, 0.1) is 25.2 Å². The van der Waals surface area contributed by atoms with E-state index >= 15 is 0 Å². The van der Waals surface area contributed by atoms with Crippen LogP contribution in [0.5, 0.6) is 0 Å². The maximum Gasteiger partial charge on any atom is 0.266 e. The van der Waals surface area contributed by atoms with Crippen molar-refractivity contribution >= 4 is 23.6 Å². The molecule has 31 heavy (non-hydrogen) atoms. The lowest BCUT2D eigenvalue weighted by atomic mass is 9.95. The van der Waals surface area contributed by atoms with Gasteiger partial charge in [0.05, 0.1) is 11.9 Å². The minimum absolute atomic E-state index is 0.0287. The number of aryl methyl sites for hydroxylation is 1. The highest BCUT2D eigenvalue weighted by Crippen LogP contribution is 2.32. The number of nitrogens with one attached hydrogen (secondary N) is 1. The minimum atomic E-state index is -0.497. The molecule has 0 unspecified atom stereocenters. The van der Waals surface area contributed by atoms with Gasteiger partial charge in [0.1, 0.15) is 18.2 Å². The summed E-state index contributed by atoms with van der Waals surface area (Å²) in [5, 5.41) is 16.4. The molecule has 0 aliphatic heterocycles. The van der Waals surface area contributed by atoms with Crippen molar-refractivity contribution in [3.8, 4) is 6.07 Å². The van der Waals surface area contributed by atoms with Gasteiger partial charge in [-0.1, -0.05) is 19.3 Å². The van der Waals surface area contributed by atoms with E-state index in [2.05, 4.69) is 21.9 Å². The third-order valence-electron chi connectivity index (χ3n) is 5.82. The highest BCUT2D eigenvalue weighted by Gasteiger charge is 2.20. The zero-order chi connectivity index (χ0) is 22.5. The molecule has 2 aromatic rings. The maximum atomic E-state index is 12.7. The van der Waals surface area contributed by atoms with Gasteiger partial charge < -0.3 is 14.8 Å². The Labute approximate surface area is 183 Å². The molecule has 1 fully saturated rings. The van der Waals surface area contributed by atoms with Crippen LogP contribution in [0.2, 0.25) is 0 Å². The molecule has 1 aliphatic carbocycles. The van der Waals surface area contributed by atoms with E-state index in [0.717, 1.165) is 17.0 Å². The predicted molar refractivity (Wildman–Crippen MR) is 119 cm³/mol. The van der Waals surface area contributed by atoms with Crippen LogP contribution in [0.3, 0.4) is 0 Å². The van der Waals surface area contributed by atoms with E-state index in [-0.39, 0.29) is 18.0 Å². The van der Waals surface area contributed by atoms with Crippen molar-refractivity contribution in [1.29, 1.82) is 5.26 Å². The van der Waals surface area contributed by atoms with Crippen LogP contribution < -0.4 is 5.32 Å². The first-order chi connectivity index (χ1) is 14.8. The summed E-state index contributed by atoms with van der Waals surface area (Å²) in [7, 11) is 3.34. The minimum Gasteiger partial charge on any atom is -0.347 e. The van der Waals surface area contributed by atoms with Crippen LogP contribution in [-0.4, -0.2) is 45.2 Å². The quantitative estimate of drug-likeness (QED) is 0.570. The van der Waals surface area contributed by atoms with Crippen molar-refractivity contribution in [2.75, 3.05) is 19.4 Å². The molecule has 3 rings (SSSR count). The predicted octanol–water partition coefficient (Wildman–Crippen LogP) is 3.44. The molecule has 2 heterocycles. The van der Waals surface area contributed by atoms with Gasteiger partial charge in [0.25, 0.3) is 5.91 Å². The molecule has 0 atom stereocenters. The Bertz CT molecular complexity index is 1030. The number of anilines is 1. The Hall–Kier alpha value is -3.34. The van der Waals surface area contributed by atoms with E-state index < -0.39 is 5.91 Å². The molecule has 0 radical (unpaired) electrons. The molecular formula is C23H30N6O2. The molecule has 2 amide bonds. The summed E-state index contributed by atoms with van der Waals surface area (Å²) < 4.78 is 3.80. The summed E-state index contributed by atoms with van der Waals surface area (Å²) in [6.45, 7) is 4.21. The number of amides is 2. The SMILES string of the molecule is Cc1cc(/C=C(\C#N)C(=O)Nc2cnn(CC(=O)N(C)C)c2)c(C)n1C1CCCCC1. The van der Waals surface area contributed by atoms with E-state index in [1.807, 2.05) is 19.1 Å². The molecule has 0 bridgehead atoms. The molecule has 1 aliphatic rings. The first-order valence-electron chi connectivity index (χ1n) is 10.6. The second-order valence-corrected chi connectivity index (χ2v) is 8.33. The molecule has 0 spiro atoms. The van der Waals surface area contributed by atoms with Crippen LogP contribution in [0.4, 0.5) is 5.69 Å². The lowest BCUT2D eigenvalue weighted by Gasteiger charge is -2.26. The van der Waals surface area contributed by atoms with Gasteiger partial charge in [-0.05, 0) is 44.4 Å². The van der Waals surface area contributed by atoms with Gasteiger partial charge in [0, 0.05) is 37.7 Å². The largest absolute Gasteiger partial charge is 0.347 e. The highest BCUT2D eigenvalue weighted by atomic mass is 16.2. The number of aromatic nitrogens is 3. The zero-order valence-corrected chi connectivity index (χ0v) is 18.7. The molecule has 8 nitrogen and oxygen atoms in total. The van der Waals surface area contributed by atoms with E-state index in [1.54, 1.807) is 26.4 Å². The third kappa shape index (κ3) is 5.23. The number of carbonyl (C=O) groups excluding carboxylic acids is 2. The van der Waals surface area contributed by atoms with Crippen molar-refractivity contribution in [3.05, 3.63) is 41.0 Å². The molecule has 0 saturated heterocycles. The van der Waals surface area contributed by atoms with Crippen LogP contribution in [-0.2, 0) is 16.1 Å². The molecular weight excluding hydrogens is 392 g/mol. The Morgan fingerprint density at radius 3 is 2.65 bits per heavy atom. The van der Waals surface area contributed by atoms with Gasteiger partial charge in [0.15, 0.2) is 0 Å². The summed E-state index contributed by atoms with van der Waals surface area (Å²) in [6, 6.07) is 4.54. The van der Waals surface area contributed by atoms with E-state index in [4.69, 9.17) is 0 Å². The van der Waals surface area contributed by atoms with Gasteiger partial charge in [-0.3, -0.25) is 14.3 Å². The smallest absolute Gasteiger partial charge is 0.266 e. The Balaban J connectivity index is 1.75. The first-order valence-corrected chi connectivity index (χ1v) is 10.6. The average Bonchev–Trinajstić information content (AvgIpc) is 3.29. The monoisotopic (exact) mass is 422 g/mol. The molecule has 1 saturated carbocycles. The van der Waals surface area contributed by atoms with Gasteiger partial charge in [-0.2, -0.15) is 10.4 Å². The summed E-state index contributed by atoms with van der Waals surface area (Å²) in [5.41, 5.74) is 3.59. The molecule has 8 heteroatoms. The Kier molecular flexibility index (Phi) is 6.95. The van der Waals surface area contributed by atoms with Crippen molar-refractivity contribution < 1.29 is 9.59 Å². The van der Waals surface area contributed by atoms with Crippen molar-refractivity contribution in [2.24, 2.45) is 0 Å². The van der Waals surface area contributed by atoms with Gasteiger partial charge in [-0.15, -0.1) is 0 Å². The Morgan fingerprint density at radius 1 is 1.29 bits per heavy atom. The third-order valence-corrected chi connectivity index (χ3v) is 5.82. The second kappa shape index (κ2) is 9.65. The van der Waals surface area contributed by atoms with Crippen molar-refractivity contribution in [1.82, 2.24) is 19.2 Å². The highest BCUT2D eigenvalue weighted by molar-refractivity contribution is 6.09. The maximum absolute atomic E-state index is 12.7. The summed E-state index contributed by atoms with van der Waals surface area (Å²) in [4.78, 5) is 25.9. The lowest BCUT2D eigenvalue weighted by molar-refractivity contribution is -0.129. The topological polar surface area (TPSA) is 95.9 Å². The summed E-state index contributed by atoms with van der Waals surface area (Å²) >= 11 is 0. The molecule has 2 aromatic heterocycles. The van der Waals surface area contributed by atoms with Crippen LogP contribution in [0.15, 0.2) is 24.0 Å². The normalized spacial score (nSPS) is 14.9. The summed E-state index contributed by atoms with van der Waals surface area (Å²) in [6.07, 6.45) is 10.8. The number of nitrogens with zero attached hydrogens (tertiary/aromatic N) is 5. The van der Waals surface area contributed by atoms with Crippen LogP contribution >= 0.6 is 0 Å². The zero-order valence-electron chi connectivity index (χ0n) is 18.7. The Morgan fingerprint density at radius 2 is 2.00 bits per heavy atom. The fourth-order valence-electron chi connectivity index (χ4n) is 4.15. The number of hydrogen-bond acceptors (Lipinski definition) is 4. The number of likely N-dealkylation sites (N-methyl/N-ethyl adjacent to an activating group) is 1. The lowest BCUT2D eigenvalue weighted by Crippen LogP contribution is -2.26. The summed E-state index contributed by atoms with van der Waals surface area (Å²) in [5.74, 6) is -0.602. The van der Waals surface area contributed by atoms with Crippen molar-refractivity contribution in [3.63, 3.8) is 0 Å². The van der Waals surface area contributed by atoms with E-state index in [1.165, 1.54) is 47.9 Å². The number of rotatable bonds is 6. The fourth-order valence-corrected chi connectivity index (χ4v) is 4.15. The average molecular weight is 423 g/mol. The number of hydrogen-bond donors (Lipinski definition) is 1. The molecule has 164 valence electrons. The van der Waals surface area contributed by atoms with Gasteiger partial charge in [0.2, 0.25) is 5.91 Å². The van der Waals surface area contributed by atoms with E-state index in [0.29, 0.717) is 11.7 Å². The molecule has 0 aromatic carbocycles. The van der Waals surface area contributed by atoms with E-state index in [9.17, 15) is 14.9 Å². The number of nitriles is 1. The van der Waals surface area contributed by atoms with Crippen LogP contribution in [0.25, 0.3) is 6.08 Å². The fraction of sp³-hybridized carbons (Fsp3) is 0.478. The molecule has 1 N–H and O–H groups in total. The van der Waals surface area contributed by atoms with Crippen LogP contribution in [0.1, 0.15) is 55.1 Å². The van der Waals surface area contributed by atoms with Gasteiger partial charge >= 0.3 is 0 Å². The first kappa shape index (κ1) is 22.3. The number of carbonyl (C=O) groups is 2. The van der Waals surface area contributed by atoms with Crippen molar-refractivity contribution in [2.45, 2.75) is 58.5 Å². The van der Waals surface area contributed by atoms with Gasteiger partial charge in [-0.25, -0.2) is 0 Å². The standard InChI is InChI=1S/C23H30N6O2/c1-16-10-18(17(2)29(16)21-8-6-5-7-9-21)11-19(12-24)23(31)26-20-13-25-28(14-20)15-22(30)27(3)4/h10-11,13-14,21H,5-9,15H2,1-4H3,(H,26,31)/b19-11+. The second-order valence-electron chi connectivity index (χ2n) is 8.33.